The first-order valence-corrected chi connectivity index (χ1v) is 7.59. The van der Waals surface area contributed by atoms with Crippen molar-refractivity contribution in [2.75, 3.05) is 6.61 Å². The summed E-state index contributed by atoms with van der Waals surface area (Å²) in [5.41, 5.74) is 2.89. The Labute approximate surface area is 180 Å². The topological polar surface area (TPSA) is 38.7 Å². The van der Waals surface area contributed by atoms with E-state index in [1.54, 1.807) is 0 Å². The summed E-state index contributed by atoms with van der Waals surface area (Å²) < 4.78 is 10.9. The first kappa shape index (κ1) is 24.2. The minimum absolute atomic E-state index is 0. The Balaban J connectivity index is 0. The summed E-state index contributed by atoms with van der Waals surface area (Å²) in [4.78, 5) is 0. The van der Waals surface area contributed by atoms with Crippen molar-refractivity contribution in [1.82, 2.24) is 0 Å². The fraction of sp³-hybridized carbons (Fsp3) is 0.538. The maximum absolute atomic E-state index is 9.23. The molecular formula is C13H19ClO3SY2. The van der Waals surface area contributed by atoms with Gasteiger partial charge in [-0.05, 0) is 52.2 Å². The summed E-state index contributed by atoms with van der Waals surface area (Å²) in [6.45, 7) is 5.58. The van der Waals surface area contributed by atoms with E-state index >= 15 is 0 Å². The van der Waals surface area contributed by atoms with Gasteiger partial charge in [0, 0.05) is 72.0 Å². The molecule has 0 heterocycles. The quantitative estimate of drug-likeness (QED) is 0.593. The number of rotatable bonds is 8. The van der Waals surface area contributed by atoms with Gasteiger partial charge in [-0.25, -0.2) is 0 Å². The number of ether oxygens (including phenoxy) is 2. The molecule has 2 radical (unpaired) electrons. The second kappa shape index (κ2) is 14.5. The molecule has 0 aliphatic heterocycles. The van der Waals surface area contributed by atoms with E-state index in [4.69, 9.17) is 20.2 Å². The molecule has 0 saturated heterocycles. The van der Waals surface area contributed by atoms with Crippen LogP contribution in [-0.4, -0.2) is 17.1 Å². The monoisotopic (exact) mass is 468 g/mol. The fourth-order valence-corrected chi connectivity index (χ4v) is 1.83. The Bertz CT molecular complexity index is 369. The van der Waals surface area contributed by atoms with Crippen LogP contribution in [0.4, 0.5) is 0 Å². The zero-order valence-corrected chi connectivity index (χ0v) is 19.1. The summed E-state index contributed by atoms with van der Waals surface area (Å²) in [6.07, 6.45) is 0. The van der Waals surface area contributed by atoms with E-state index in [1.807, 2.05) is 32.0 Å². The third-order valence-corrected chi connectivity index (χ3v) is 3.52. The predicted octanol–water partition coefficient (Wildman–Crippen LogP) is 3.46. The standard InChI is InChI=1S/C13H19ClO3S.2Y/c1-3-16-8-12-4-11(7-15)5-13(6-12)9-17-10(2)18-14;;/h4-6,10,15H,3,7-9H2,1-2H3;;. The molecule has 108 valence electrons. The average molecular weight is 469 g/mol. The summed E-state index contributed by atoms with van der Waals surface area (Å²) in [5, 5.41) is 9.23. The molecule has 1 aromatic carbocycles. The SMILES string of the molecule is CCOCc1cc(CO)cc(COC(C)SCl)c1.[Y].[Y]. The molecule has 0 aliphatic carbocycles. The molecule has 20 heavy (non-hydrogen) atoms. The van der Waals surface area contributed by atoms with E-state index in [2.05, 4.69) is 0 Å². The first-order chi connectivity index (χ1) is 8.69. The van der Waals surface area contributed by atoms with E-state index in [-0.39, 0.29) is 77.5 Å². The molecule has 1 unspecified atom stereocenters. The van der Waals surface area contributed by atoms with E-state index in [0.717, 1.165) is 27.7 Å². The number of aliphatic hydroxyl groups excluding tert-OH is 1. The second-order valence-electron chi connectivity index (χ2n) is 3.92. The van der Waals surface area contributed by atoms with Gasteiger partial charge in [-0.1, -0.05) is 18.2 Å². The summed E-state index contributed by atoms with van der Waals surface area (Å²) >= 11 is 0. The predicted molar refractivity (Wildman–Crippen MR) is 75.4 cm³/mol. The van der Waals surface area contributed by atoms with Gasteiger partial charge >= 0.3 is 0 Å². The van der Waals surface area contributed by atoms with Crippen molar-refractivity contribution in [2.45, 2.75) is 39.1 Å². The Morgan fingerprint density at radius 1 is 1.15 bits per heavy atom. The molecule has 0 aliphatic rings. The van der Waals surface area contributed by atoms with Gasteiger partial charge in [0.1, 0.15) is 5.44 Å². The van der Waals surface area contributed by atoms with Crippen molar-refractivity contribution in [3.8, 4) is 0 Å². The third kappa shape index (κ3) is 9.86. The van der Waals surface area contributed by atoms with Crippen molar-refractivity contribution in [1.29, 1.82) is 0 Å². The van der Waals surface area contributed by atoms with Crippen LogP contribution in [0.2, 0.25) is 0 Å². The average Bonchev–Trinajstić information content (AvgIpc) is 2.42. The molecule has 1 rings (SSSR count). The Kier molecular flexibility index (Phi) is 17.6. The van der Waals surface area contributed by atoms with Crippen molar-refractivity contribution < 1.29 is 80.0 Å². The number of halogens is 1. The first-order valence-electron chi connectivity index (χ1n) is 5.89. The third-order valence-electron chi connectivity index (χ3n) is 2.38. The van der Waals surface area contributed by atoms with E-state index < -0.39 is 0 Å². The maximum Gasteiger partial charge on any atom is 0.115 e. The molecule has 1 N–H and O–H groups in total. The van der Waals surface area contributed by atoms with Gasteiger partial charge in [-0.3, -0.25) is 0 Å². The summed E-state index contributed by atoms with van der Waals surface area (Å²) in [5.74, 6) is 0. The zero-order valence-electron chi connectivity index (χ0n) is 11.8. The molecule has 1 aromatic rings. The zero-order chi connectivity index (χ0) is 13.4. The molecule has 0 aromatic heterocycles. The van der Waals surface area contributed by atoms with Gasteiger partial charge in [0.15, 0.2) is 0 Å². The smallest absolute Gasteiger partial charge is 0.115 e. The summed E-state index contributed by atoms with van der Waals surface area (Å²) in [7, 11) is 6.76. The fourth-order valence-electron chi connectivity index (χ4n) is 1.56. The Hall–Kier alpha value is 1.95. The van der Waals surface area contributed by atoms with Crippen LogP contribution in [0.15, 0.2) is 18.2 Å². The molecule has 0 bridgehead atoms. The number of aliphatic hydroxyl groups is 1. The van der Waals surface area contributed by atoms with Gasteiger partial charge in [0.25, 0.3) is 0 Å². The van der Waals surface area contributed by atoms with Gasteiger partial charge in [0.2, 0.25) is 0 Å². The van der Waals surface area contributed by atoms with Crippen molar-refractivity contribution >= 4 is 21.7 Å². The minimum atomic E-state index is -0.0557. The molecule has 0 saturated carbocycles. The van der Waals surface area contributed by atoms with Crippen LogP contribution in [0.5, 0.6) is 0 Å². The molecular weight excluding hydrogens is 449 g/mol. The molecule has 0 spiro atoms. The van der Waals surface area contributed by atoms with Crippen LogP contribution in [-0.2, 0) is 94.7 Å². The van der Waals surface area contributed by atoms with E-state index in [0.29, 0.717) is 19.8 Å². The van der Waals surface area contributed by atoms with Crippen LogP contribution in [0, 0.1) is 0 Å². The molecule has 7 heteroatoms. The normalized spacial score (nSPS) is 11.4. The van der Waals surface area contributed by atoms with Crippen molar-refractivity contribution in [3.63, 3.8) is 0 Å². The van der Waals surface area contributed by atoms with Gasteiger partial charge < -0.3 is 14.6 Å². The number of hydrogen-bond acceptors (Lipinski definition) is 4. The molecule has 1 atom stereocenters. The van der Waals surface area contributed by atoms with Crippen LogP contribution in [0.1, 0.15) is 30.5 Å². The van der Waals surface area contributed by atoms with Gasteiger partial charge in [-0.15, -0.1) is 0 Å². The minimum Gasteiger partial charge on any atom is -0.392 e. The van der Waals surface area contributed by atoms with Crippen LogP contribution < -0.4 is 0 Å². The maximum atomic E-state index is 9.23. The molecule has 0 fully saturated rings. The number of hydrogen-bond donors (Lipinski definition) is 1. The van der Waals surface area contributed by atoms with E-state index in [1.165, 1.54) is 0 Å². The number of benzene rings is 1. The molecule has 3 nitrogen and oxygen atoms in total. The Morgan fingerprint density at radius 3 is 2.20 bits per heavy atom. The Morgan fingerprint density at radius 2 is 1.70 bits per heavy atom. The van der Waals surface area contributed by atoms with E-state index in [9.17, 15) is 5.11 Å². The largest absolute Gasteiger partial charge is 0.392 e. The molecule has 0 amide bonds. The second-order valence-corrected chi connectivity index (χ2v) is 5.30. The summed E-state index contributed by atoms with van der Waals surface area (Å²) in [6, 6.07) is 5.90. The van der Waals surface area contributed by atoms with Crippen LogP contribution in [0.3, 0.4) is 0 Å². The van der Waals surface area contributed by atoms with Crippen molar-refractivity contribution in [2.24, 2.45) is 0 Å². The van der Waals surface area contributed by atoms with Crippen molar-refractivity contribution in [3.05, 3.63) is 34.9 Å². The van der Waals surface area contributed by atoms with Gasteiger partial charge in [0.05, 0.1) is 19.8 Å². The van der Waals surface area contributed by atoms with Crippen LogP contribution >= 0.6 is 21.7 Å². The van der Waals surface area contributed by atoms with Gasteiger partial charge in [-0.2, -0.15) is 0 Å². The van der Waals surface area contributed by atoms with Crippen LogP contribution in [0.25, 0.3) is 0 Å².